The Kier molecular flexibility index (Phi) is 6.43. The van der Waals surface area contributed by atoms with E-state index in [0.29, 0.717) is 10.6 Å². The molecule has 2 saturated carbocycles. The zero-order valence-electron chi connectivity index (χ0n) is 19.3. The number of benzene rings is 1. The van der Waals surface area contributed by atoms with Crippen molar-refractivity contribution >= 4 is 34.2 Å². The zero-order valence-corrected chi connectivity index (χ0v) is 20.1. The van der Waals surface area contributed by atoms with E-state index in [0.717, 1.165) is 34.4 Å². The number of hydrogen-bond acceptors (Lipinski definition) is 5. The van der Waals surface area contributed by atoms with E-state index in [4.69, 9.17) is 4.74 Å². The van der Waals surface area contributed by atoms with Crippen molar-refractivity contribution in [1.29, 1.82) is 0 Å². The first-order chi connectivity index (χ1) is 15.7. The molecule has 0 radical (unpaired) electrons. The summed E-state index contributed by atoms with van der Waals surface area (Å²) in [4.78, 5) is 39.0. The van der Waals surface area contributed by atoms with Crippen molar-refractivity contribution in [3.63, 3.8) is 0 Å². The van der Waals surface area contributed by atoms with Crippen LogP contribution < -0.4 is 5.32 Å². The maximum atomic E-state index is 13.5. The Labute approximate surface area is 197 Å². The molecule has 0 aliphatic heterocycles. The van der Waals surface area contributed by atoms with Crippen LogP contribution in [0.15, 0.2) is 47.5 Å². The third kappa shape index (κ3) is 4.10. The van der Waals surface area contributed by atoms with Crippen molar-refractivity contribution in [2.24, 2.45) is 23.7 Å². The first-order valence-corrected chi connectivity index (χ1v) is 12.0. The van der Waals surface area contributed by atoms with Crippen LogP contribution in [-0.4, -0.2) is 30.1 Å². The number of esters is 1. The fourth-order valence-corrected chi connectivity index (χ4v) is 6.81. The average Bonchev–Trinajstić information content (AvgIpc) is 3.50. The number of amides is 1. The fourth-order valence-electron chi connectivity index (χ4n) is 5.68. The van der Waals surface area contributed by atoms with Crippen molar-refractivity contribution < 1.29 is 24.2 Å². The van der Waals surface area contributed by atoms with Crippen LogP contribution in [-0.2, 0) is 14.3 Å². The standard InChI is InChI=1S/C26H29NO5S/c1-13(2)20-16-10-11-17(20)22(25(29)30)21(16)23(28)27-24-18(26(31)32-4)12-19(33-24)14(3)15-8-6-5-7-9-15/h5-9,12,14,16-17,21-22H,10-11H2,1-4H3,(H,27,28)(H,29,30)/t14-,16+,17+,21-,22-/m0/s1. The average molecular weight is 468 g/mol. The molecule has 2 aliphatic carbocycles. The molecular formula is C26H29NO5S. The van der Waals surface area contributed by atoms with Crippen molar-refractivity contribution in [1.82, 2.24) is 0 Å². The van der Waals surface area contributed by atoms with Gasteiger partial charge in [0.05, 0.1) is 24.5 Å². The van der Waals surface area contributed by atoms with Gasteiger partial charge in [0, 0.05) is 10.8 Å². The number of aliphatic carboxylic acids is 1. The summed E-state index contributed by atoms with van der Waals surface area (Å²) in [5.41, 5.74) is 3.63. The molecule has 174 valence electrons. The van der Waals surface area contributed by atoms with Gasteiger partial charge < -0.3 is 15.2 Å². The minimum atomic E-state index is -0.932. The van der Waals surface area contributed by atoms with E-state index in [-0.39, 0.29) is 23.7 Å². The lowest BCUT2D eigenvalue weighted by atomic mass is 9.79. The summed E-state index contributed by atoms with van der Waals surface area (Å²) < 4.78 is 4.95. The molecule has 2 aliphatic rings. The molecule has 0 spiro atoms. The number of allylic oxidation sites excluding steroid dienone is 2. The number of anilines is 1. The topological polar surface area (TPSA) is 92.7 Å². The van der Waals surface area contributed by atoms with Crippen molar-refractivity contribution in [3.05, 3.63) is 63.5 Å². The molecule has 0 saturated heterocycles. The minimum absolute atomic E-state index is 0.0248. The Balaban J connectivity index is 1.66. The number of thiophene rings is 1. The number of carbonyl (C=O) groups excluding carboxylic acids is 2. The van der Waals surface area contributed by atoms with E-state index in [1.165, 1.54) is 18.4 Å². The number of carbonyl (C=O) groups is 3. The Morgan fingerprint density at radius 3 is 2.30 bits per heavy atom. The maximum Gasteiger partial charge on any atom is 0.340 e. The molecule has 5 atom stereocenters. The number of hydrogen-bond donors (Lipinski definition) is 2. The second-order valence-corrected chi connectivity index (χ2v) is 10.2. The van der Waals surface area contributed by atoms with Gasteiger partial charge in [0.15, 0.2) is 0 Å². The molecular weight excluding hydrogens is 438 g/mol. The van der Waals surface area contributed by atoms with Gasteiger partial charge in [-0.3, -0.25) is 9.59 Å². The summed E-state index contributed by atoms with van der Waals surface area (Å²) in [6.07, 6.45) is 1.62. The molecule has 6 nitrogen and oxygen atoms in total. The van der Waals surface area contributed by atoms with Crippen LogP contribution in [0.4, 0.5) is 5.00 Å². The first-order valence-electron chi connectivity index (χ1n) is 11.2. The molecule has 2 fully saturated rings. The lowest BCUT2D eigenvalue weighted by molar-refractivity contribution is -0.148. The van der Waals surface area contributed by atoms with Crippen LogP contribution in [0.2, 0.25) is 0 Å². The predicted molar refractivity (Wildman–Crippen MR) is 127 cm³/mol. The third-order valence-corrected chi connectivity index (χ3v) is 8.36. The highest BCUT2D eigenvalue weighted by molar-refractivity contribution is 7.16. The minimum Gasteiger partial charge on any atom is -0.481 e. The van der Waals surface area contributed by atoms with Gasteiger partial charge >= 0.3 is 11.9 Å². The number of methoxy groups -OCH3 is 1. The quantitative estimate of drug-likeness (QED) is 0.443. The molecule has 2 aromatic rings. The third-order valence-electron chi connectivity index (χ3n) is 7.13. The Hall–Kier alpha value is -2.93. The molecule has 7 heteroatoms. The van der Waals surface area contributed by atoms with E-state index >= 15 is 0 Å². The molecule has 2 bridgehead atoms. The maximum absolute atomic E-state index is 13.5. The van der Waals surface area contributed by atoms with Gasteiger partial charge in [0.1, 0.15) is 5.00 Å². The molecule has 1 amide bonds. The molecule has 1 aromatic heterocycles. The number of ether oxygens (including phenoxy) is 1. The Bertz CT molecular complexity index is 1110. The van der Waals surface area contributed by atoms with Crippen LogP contribution in [0.3, 0.4) is 0 Å². The monoisotopic (exact) mass is 467 g/mol. The predicted octanol–water partition coefficient (Wildman–Crippen LogP) is 5.32. The molecule has 0 unspecified atom stereocenters. The normalized spacial score (nSPS) is 24.4. The number of fused-ring (bicyclic) bond motifs is 2. The van der Waals surface area contributed by atoms with Crippen LogP contribution >= 0.6 is 11.3 Å². The van der Waals surface area contributed by atoms with Gasteiger partial charge in [-0.15, -0.1) is 11.3 Å². The highest BCUT2D eigenvalue weighted by Crippen LogP contribution is 2.57. The molecule has 33 heavy (non-hydrogen) atoms. The SMILES string of the molecule is COC(=O)c1cc([C@@H](C)c2ccccc2)sc1NC(=O)[C@@H]1[C@@H](C(=O)O)[C@@H]2CC[C@@H]1C2=C(C)C. The van der Waals surface area contributed by atoms with Crippen LogP contribution in [0.1, 0.15) is 60.3 Å². The van der Waals surface area contributed by atoms with E-state index in [9.17, 15) is 19.5 Å². The fraction of sp³-hybridized carbons (Fsp3) is 0.423. The highest BCUT2D eigenvalue weighted by atomic mass is 32.1. The summed E-state index contributed by atoms with van der Waals surface area (Å²) in [6.45, 7) is 6.03. The van der Waals surface area contributed by atoms with E-state index in [1.807, 2.05) is 51.1 Å². The summed E-state index contributed by atoms with van der Waals surface area (Å²) in [5.74, 6) is -3.31. The highest BCUT2D eigenvalue weighted by Gasteiger charge is 2.57. The summed E-state index contributed by atoms with van der Waals surface area (Å²) in [5, 5.41) is 13.3. The second-order valence-electron chi connectivity index (χ2n) is 9.14. The summed E-state index contributed by atoms with van der Waals surface area (Å²) in [6, 6.07) is 11.7. The summed E-state index contributed by atoms with van der Waals surface area (Å²) >= 11 is 1.34. The second kappa shape index (κ2) is 9.14. The van der Waals surface area contributed by atoms with Crippen LogP contribution in [0, 0.1) is 23.7 Å². The number of rotatable bonds is 6. The molecule has 4 rings (SSSR count). The van der Waals surface area contributed by atoms with Gasteiger partial charge in [-0.05, 0) is 50.2 Å². The van der Waals surface area contributed by atoms with Crippen LogP contribution in [0.5, 0.6) is 0 Å². The van der Waals surface area contributed by atoms with Crippen molar-refractivity contribution in [3.8, 4) is 0 Å². The van der Waals surface area contributed by atoms with Gasteiger partial charge in [-0.2, -0.15) is 0 Å². The molecule has 2 N–H and O–H groups in total. The number of carboxylic acid groups (broad SMARTS) is 1. The first kappa shape index (κ1) is 23.2. The van der Waals surface area contributed by atoms with Gasteiger partial charge in [0.2, 0.25) is 5.91 Å². The number of carboxylic acids is 1. The Morgan fingerprint density at radius 1 is 1.09 bits per heavy atom. The molecule has 1 heterocycles. The van der Waals surface area contributed by atoms with Crippen molar-refractivity contribution in [2.75, 3.05) is 12.4 Å². The van der Waals surface area contributed by atoms with Crippen molar-refractivity contribution in [2.45, 2.75) is 39.5 Å². The Morgan fingerprint density at radius 2 is 1.73 bits per heavy atom. The molecule has 1 aromatic carbocycles. The van der Waals surface area contributed by atoms with Crippen LogP contribution in [0.25, 0.3) is 0 Å². The van der Waals surface area contributed by atoms with E-state index < -0.39 is 23.8 Å². The van der Waals surface area contributed by atoms with Gasteiger partial charge in [-0.1, -0.05) is 48.4 Å². The van der Waals surface area contributed by atoms with Gasteiger partial charge in [0.25, 0.3) is 0 Å². The summed E-state index contributed by atoms with van der Waals surface area (Å²) in [7, 11) is 1.31. The van der Waals surface area contributed by atoms with E-state index in [1.54, 1.807) is 6.07 Å². The zero-order chi connectivity index (χ0) is 23.9. The lowest BCUT2D eigenvalue weighted by Gasteiger charge is -2.26. The lowest BCUT2D eigenvalue weighted by Crippen LogP contribution is -2.37. The van der Waals surface area contributed by atoms with E-state index in [2.05, 4.69) is 5.32 Å². The van der Waals surface area contributed by atoms with Gasteiger partial charge in [-0.25, -0.2) is 4.79 Å². The smallest absolute Gasteiger partial charge is 0.340 e. The largest absolute Gasteiger partial charge is 0.481 e. The number of nitrogens with one attached hydrogen (secondary N) is 1.